The van der Waals surface area contributed by atoms with E-state index in [4.69, 9.17) is 11.6 Å². The van der Waals surface area contributed by atoms with Gasteiger partial charge in [-0.1, -0.05) is 11.6 Å². The molecule has 0 N–H and O–H groups in total. The summed E-state index contributed by atoms with van der Waals surface area (Å²) < 4.78 is 66.3. The van der Waals surface area contributed by atoms with Crippen LogP contribution in [-0.4, -0.2) is 29.7 Å². The number of halogens is 4. The summed E-state index contributed by atoms with van der Waals surface area (Å²) in [6, 6.07) is 1.39. The van der Waals surface area contributed by atoms with E-state index in [9.17, 15) is 21.6 Å². The monoisotopic (exact) mass is 366 g/mol. The van der Waals surface area contributed by atoms with Gasteiger partial charge in [0, 0.05) is 32.4 Å². The lowest BCUT2D eigenvalue weighted by Gasteiger charge is -2.20. The number of fused-ring (bicyclic) bond motifs is 1. The van der Waals surface area contributed by atoms with Crippen LogP contribution in [0.5, 0.6) is 0 Å². The minimum absolute atomic E-state index is 0.0272. The quantitative estimate of drug-likeness (QED) is 0.817. The highest BCUT2D eigenvalue weighted by atomic mass is 35.5. The molecule has 2 aromatic rings. The molecule has 0 unspecified atom stereocenters. The SMILES string of the molecule is Cn1cc(S(=O)(=O)N2CCc3nccc(Cl)c32)c(C(F)(F)F)n1. The molecule has 0 saturated heterocycles. The predicted molar refractivity (Wildman–Crippen MR) is 75.7 cm³/mol. The van der Waals surface area contributed by atoms with E-state index in [1.807, 2.05) is 0 Å². The first-order valence-corrected chi connectivity index (χ1v) is 8.21. The Kier molecular flexibility index (Phi) is 3.56. The molecule has 0 bridgehead atoms. The maximum Gasteiger partial charge on any atom is 0.436 e. The molecular weight excluding hydrogens is 357 g/mol. The molecule has 0 spiro atoms. The van der Waals surface area contributed by atoms with Crippen molar-refractivity contribution >= 4 is 27.3 Å². The smallest absolute Gasteiger partial charge is 0.274 e. The van der Waals surface area contributed by atoms with Crippen molar-refractivity contribution in [3.05, 3.63) is 34.9 Å². The molecule has 6 nitrogen and oxygen atoms in total. The topological polar surface area (TPSA) is 68.1 Å². The van der Waals surface area contributed by atoms with Crippen molar-refractivity contribution < 1.29 is 21.6 Å². The number of rotatable bonds is 2. The fourth-order valence-electron chi connectivity index (χ4n) is 2.45. The summed E-state index contributed by atoms with van der Waals surface area (Å²) in [6.07, 6.45) is -2.36. The van der Waals surface area contributed by atoms with E-state index in [0.717, 1.165) is 15.2 Å². The summed E-state index contributed by atoms with van der Waals surface area (Å²) in [4.78, 5) is 3.12. The Balaban J connectivity index is 2.17. The van der Waals surface area contributed by atoms with Crippen LogP contribution in [0.1, 0.15) is 11.4 Å². The van der Waals surface area contributed by atoms with Crippen molar-refractivity contribution in [3.63, 3.8) is 0 Å². The number of hydrogen-bond donors (Lipinski definition) is 0. The second-order valence-corrected chi connectivity index (χ2v) is 7.17. The summed E-state index contributed by atoms with van der Waals surface area (Å²) in [7, 11) is -3.24. The highest BCUT2D eigenvalue weighted by Gasteiger charge is 2.44. The van der Waals surface area contributed by atoms with Gasteiger partial charge in [0.25, 0.3) is 10.0 Å². The number of aromatic nitrogens is 3. The number of pyridine rings is 1. The third kappa shape index (κ3) is 2.55. The van der Waals surface area contributed by atoms with Crippen LogP contribution in [0.15, 0.2) is 23.4 Å². The summed E-state index contributed by atoms with van der Waals surface area (Å²) >= 11 is 6.00. The molecule has 0 saturated carbocycles. The standard InChI is InChI=1S/C12H10ClF3N4O2S/c1-19-6-9(11(18-19)12(14,15)16)23(21,22)20-5-3-8-10(20)7(13)2-4-17-8/h2,4,6H,3,5H2,1H3. The van der Waals surface area contributed by atoms with Crippen molar-refractivity contribution in [1.29, 1.82) is 0 Å². The van der Waals surface area contributed by atoms with Crippen LogP contribution in [0.3, 0.4) is 0 Å². The van der Waals surface area contributed by atoms with Gasteiger partial charge in [0.2, 0.25) is 0 Å². The highest BCUT2D eigenvalue weighted by Crippen LogP contribution is 2.40. The van der Waals surface area contributed by atoms with E-state index in [0.29, 0.717) is 5.69 Å². The first-order chi connectivity index (χ1) is 10.6. The van der Waals surface area contributed by atoms with Gasteiger partial charge in [-0.15, -0.1) is 0 Å². The third-order valence-electron chi connectivity index (χ3n) is 3.38. The van der Waals surface area contributed by atoms with Crippen LogP contribution in [0.25, 0.3) is 0 Å². The number of nitrogens with zero attached hydrogens (tertiary/aromatic N) is 4. The fraction of sp³-hybridized carbons (Fsp3) is 0.333. The molecule has 11 heteroatoms. The van der Waals surface area contributed by atoms with E-state index in [2.05, 4.69) is 10.1 Å². The molecule has 0 amide bonds. The Morgan fingerprint density at radius 3 is 2.70 bits per heavy atom. The maximum atomic E-state index is 13.1. The molecule has 0 aliphatic carbocycles. The van der Waals surface area contributed by atoms with Gasteiger partial charge in [-0.05, 0) is 6.07 Å². The number of hydrogen-bond acceptors (Lipinski definition) is 4. The summed E-state index contributed by atoms with van der Waals surface area (Å²) in [5, 5.41) is 3.35. The first kappa shape index (κ1) is 16.1. The highest BCUT2D eigenvalue weighted by molar-refractivity contribution is 7.93. The predicted octanol–water partition coefficient (Wildman–Crippen LogP) is 2.24. The lowest BCUT2D eigenvalue weighted by atomic mass is 10.3. The Labute approximate surface area is 134 Å². The Bertz CT molecular complexity index is 879. The van der Waals surface area contributed by atoms with Crippen molar-refractivity contribution in [2.24, 2.45) is 7.05 Å². The molecule has 124 valence electrons. The summed E-state index contributed by atoms with van der Waals surface area (Å²) in [6.45, 7) is -0.0272. The largest absolute Gasteiger partial charge is 0.436 e. The lowest BCUT2D eigenvalue weighted by molar-refractivity contribution is -0.143. The summed E-state index contributed by atoms with van der Waals surface area (Å²) in [5.74, 6) is 0. The summed E-state index contributed by atoms with van der Waals surface area (Å²) in [5.41, 5.74) is -0.905. The van der Waals surface area contributed by atoms with E-state index in [1.165, 1.54) is 19.3 Å². The van der Waals surface area contributed by atoms with Crippen molar-refractivity contribution in [1.82, 2.24) is 14.8 Å². The van der Waals surface area contributed by atoms with Gasteiger partial charge in [-0.2, -0.15) is 18.3 Å². The normalized spacial score (nSPS) is 15.1. The molecular formula is C12H10ClF3N4O2S. The first-order valence-electron chi connectivity index (χ1n) is 6.39. The Morgan fingerprint density at radius 1 is 1.35 bits per heavy atom. The van der Waals surface area contributed by atoms with Crippen LogP contribution in [0, 0.1) is 0 Å². The number of sulfonamides is 1. The molecule has 0 radical (unpaired) electrons. The van der Waals surface area contributed by atoms with E-state index in [1.54, 1.807) is 0 Å². The second kappa shape index (κ2) is 5.10. The van der Waals surface area contributed by atoms with Crippen LogP contribution in [0.4, 0.5) is 18.9 Å². The maximum absolute atomic E-state index is 13.1. The third-order valence-corrected chi connectivity index (χ3v) is 5.49. The molecule has 0 atom stereocenters. The van der Waals surface area contributed by atoms with Crippen LogP contribution in [0.2, 0.25) is 5.02 Å². The lowest BCUT2D eigenvalue weighted by Crippen LogP contribution is -2.30. The van der Waals surface area contributed by atoms with Crippen LogP contribution < -0.4 is 4.31 Å². The molecule has 3 rings (SSSR count). The van der Waals surface area contributed by atoms with E-state index in [-0.39, 0.29) is 23.7 Å². The zero-order valence-electron chi connectivity index (χ0n) is 11.7. The molecule has 23 heavy (non-hydrogen) atoms. The van der Waals surface area contributed by atoms with Gasteiger partial charge < -0.3 is 0 Å². The average molecular weight is 367 g/mol. The zero-order chi connectivity index (χ0) is 17.0. The van der Waals surface area contributed by atoms with Gasteiger partial charge in [0.1, 0.15) is 4.90 Å². The van der Waals surface area contributed by atoms with Crippen LogP contribution >= 0.6 is 11.6 Å². The molecule has 2 aromatic heterocycles. The molecule has 0 fully saturated rings. The number of anilines is 1. The van der Waals surface area contributed by atoms with Gasteiger partial charge in [0.05, 0.1) is 16.4 Å². The molecule has 3 heterocycles. The van der Waals surface area contributed by atoms with Gasteiger partial charge >= 0.3 is 6.18 Å². The van der Waals surface area contributed by atoms with Crippen molar-refractivity contribution in [2.75, 3.05) is 10.8 Å². The van der Waals surface area contributed by atoms with Gasteiger partial charge in [-0.3, -0.25) is 14.0 Å². The number of alkyl halides is 3. The van der Waals surface area contributed by atoms with Crippen molar-refractivity contribution in [3.8, 4) is 0 Å². The second-order valence-electron chi connectivity index (χ2n) is 4.93. The molecule has 1 aliphatic rings. The Morgan fingerprint density at radius 2 is 2.04 bits per heavy atom. The van der Waals surface area contributed by atoms with Gasteiger partial charge in [-0.25, -0.2) is 8.42 Å². The van der Waals surface area contributed by atoms with E-state index < -0.39 is 26.8 Å². The van der Waals surface area contributed by atoms with Crippen LogP contribution in [-0.2, 0) is 29.7 Å². The molecule has 0 aromatic carbocycles. The number of aryl methyl sites for hydroxylation is 1. The zero-order valence-corrected chi connectivity index (χ0v) is 13.2. The minimum atomic E-state index is -4.88. The fourth-order valence-corrected chi connectivity index (χ4v) is 4.46. The average Bonchev–Trinajstić information content (AvgIpc) is 3.03. The van der Waals surface area contributed by atoms with Gasteiger partial charge in [0.15, 0.2) is 5.69 Å². The Hall–Kier alpha value is -1.81. The minimum Gasteiger partial charge on any atom is -0.274 e. The van der Waals surface area contributed by atoms with E-state index >= 15 is 0 Å². The molecule has 1 aliphatic heterocycles. The van der Waals surface area contributed by atoms with Crippen molar-refractivity contribution in [2.45, 2.75) is 17.5 Å².